The smallest absolute Gasteiger partial charge is 0.272 e. The van der Waals surface area contributed by atoms with E-state index in [2.05, 4.69) is 10.3 Å². The predicted octanol–water partition coefficient (Wildman–Crippen LogP) is 4.33. The van der Waals surface area contributed by atoms with Crippen molar-refractivity contribution >= 4 is 34.8 Å². The highest BCUT2D eigenvalue weighted by Crippen LogP contribution is 2.25. The van der Waals surface area contributed by atoms with Crippen molar-refractivity contribution in [2.45, 2.75) is 26.8 Å². The van der Waals surface area contributed by atoms with Gasteiger partial charge in [0.2, 0.25) is 0 Å². The lowest BCUT2D eigenvalue weighted by atomic mass is 10.2. The number of carbonyl (C=O) groups excluding carboxylic acids is 1. The molecule has 0 aliphatic heterocycles. The van der Waals surface area contributed by atoms with Crippen LogP contribution in [-0.4, -0.2) is 15.5 Å². The molecule has 0 bridgehead atoms. The molecule has 0 unspecified atom stereocenters. The van der Waals surface area contributed by atoms with Crippen LogP contribution in [0.2, 0.25) is 10.2 Å². The number of hydrogen-bond acceptors (Lipinski definition) is 2. The van der Waals surface area contributed by atoms with Crippen LogP contribution in [0.4, 0.5) is 5.69 Å². The Bertz CT molecular complexity index is 630. The van der Waals surface area contributed by atoms with Gasteiger partial charge in [-0.1, -0.05) is 23.2 Å². The zero-order chi connectivity index (χ0) is 14.9. The fourth-order valence-electron chi connectivity index (χ4n) is 1.91. The number of pyridine rings is 1. The second-order valence-corrected chi connectivity index (χ2v) is 5.59. The van der Waals surface area contributed by atoms with E-state index in [0.717, 1.165) is 5.56 Å². The van der Waals surface area contributed by atoms with Crippen molar-refractivity contribution in [1.82, 2.24) is 9.55 Å². The Hall–Kier alpha value is -1.52. The van der Waals surface area contributed by atoms with Crippen LogP contribution in [0.15, 0.2) is 24.5 Å². The molecule has 2 aromatic rings. The number of halogens is 2. The number of hydrogen-bond donors (Lipinski definition) is 1. The summed E-state index contributed by atoms with van der Waals surface area (Å²) >= 11 is 12.0. The van der Waals surface area contributed by atoms with E-state index in [9.17, 15) is 4.79 Å². The van der Waals surface area contributed by atoms with E-state index >= 15 is 0 Å². The molecule has 2 rings (SSSR count). The van der Waals surface area contributed by atoms with E-state index in [4.69, 9.17) is 23.2 Å². The van der Waals surface area contributed by atoms with Crippen LogP contribution in [0.1, 0.15) is 35.9 Å². The van der Waals surface area contributed by atoms with Crippen molar-refractivity contribution in [1.29, 1.82) is 0 Å². The molecule has 0 aromatic carbocycles. The summed E-state index contributed by atoms with van der Waals surface area (Å²) in [4.78, 5) is 16.3. The minimum Gasteiger partial charge on any atom is -0.339 e. The van der Waals surface area contributed by atoms with Crippen LogP contribution in [0.5, 0.6) is 0 Å². The number of nitrogens with zero attached hydrogens (tertiary/aromatic N) is 2. The third-order valence-electron chi connectivity index (χ3n) is 2.96. The van der Waals surface area contributed by atoms with Crippen molar-refractivity contribution in [3.63, 3.8) is 0 Å². The lowest BCUT2D eigenvalue weighted by Gasteiger charge is -2.14. The summed E-state index contributed by atoms with van der Waals surface area (Å²) in [5, 5.41) is 3.59. The molecule has 1 N–H and O–H groups in total. The highest BCUT2D eigenvalue weighted by molar-refractivity contribution is 6.33. The average molecular weight is 312 g/mol. The second kappa shape index (κ2) is 5.85. The second-order valence-electron chi connectivity index (χ2n) is 4.79. The van der Waals surface area contributed by atoms with Crippen LogP contribution >= 0.6 is 23.2 Å². The molecule has 0 spiro atoms. The molecule has 2 heterocycles. The maximum Gasteiger partial charge on any atom is 0.272 e. The van der Waals surface area contributed by atoms with Gasteiger partial charge in [-0.25, -0.2) is 4.98 Å². The van der Waals surface area contributed by atoms with Gasteiger partial charge in [0.1, 0.15) is 5.69 Å². The molecule has 0 aliphatic rings. The van der Waals surface area contributed by atoms with Gasteiger partial charge in [-0.3, -0.25) is 4.79 Å². The molecule has 106 valence electrons. The summed E-state index contributed by atoms with van der Waals surface area (Å²) in [6.07, 6.45) is 3.33. The van der Waals surface area contributed by atoms with E-state index < -0.39 is 0 Å². The predicted molar refractivity (Wildman–Crippen MR) is 81.8 cm³/mol. The largest absolute Gasteiger partial charge is 0.339 e. The molecule has 6 heteroatoms. The SMILES string of the molecule is Cc1ccnc(Cl)c1NC(=O)c1cc(Cl)cn1C(C)C. The van der Waals surface area contributed by atoms with Gasteiger partial charge in [0, 0.05) is 18.4 Å². The van der Waals surface area contributed by atoms with Gasteiger partial charge < -0.3 is 9.88 Å². The Morgan fingerprint density at radius 1 is 1.40 bits per heavy atom. The Morgan fingerprint density at radius 2 is 2.10 bits per heavy atom. The summed E-state index contributed by atoms with van der Waals surface area (Å²) in [6.45, 7) is 5.82. The molecular formula is C14H15Cl2N3O. The fraction of sp³-hybridized carbons (Fsp3) is 0.286. The standard InChI is InChI=1S/C14H15Cl2N3O/c1-8(2)19-7-10(15)6-11(19)14(20)18-12-9(3)4-5-17-13(12)16/h4-8H,1-3H3,(H,18,20). The van der Waals surface area contributed by atoms with Crippen molar-refractivity contribution < 1.29 is 4.79 Å². The van der Waals surface area contributed by atoms with Gasteiger partial charge in [0.25, 0.3) is 5.91 Å². The Balaban J connectivity index is 2.34. The topological polar surface area (TPSA) is 46.9 Å². The molecule has 1 amide bonds. The van der Waals surface area contributed by atoms with E-state index in [0.29, 0.717) is 16.4 Å². The van der Waals surface area contributed by atoms with Crippen molar-refractivity contribution in [3.05, 3.63) is 46.0 Å². The van der Waals surface area contributed by atoms with Crippen LogP contribution in [-0.2, 0) is 0 Å². The monoisotopic (exact) mass is 311 g/mol. The number of carbonyl (C=O) groups is 1. The van der Waals surface area contributed by atoms with Gasteiger partial charge in [-0.2, -0.15) is 0 Å². The van der Waals surface area contributed by atoms with Crippen LogP contribution in [0, 0.1) is 6.92 Å². The normalized spacial score (nSPS) is 10.9. The first-order valence-electron chi connectivity index (χ1n) is 6.20. The highest BCUT2D eigenvalue weighted by atomic mass is 35.5. The van der Waals surface area contributed by atoms with Crippen LogP contribution in [0.25, 0.3) is 0 Å². The lowest BCUT2D eigenvalue weighted by molar-refractivity contribution is 0.101. The molecule has 2 aromatic heterocycles. The Kier molecular flexibility index (Phi) is 4.35. The number of nitrogens with one attached hydrogen (secondary N) is 1. The van der Waals surface area contributed by atoms with Crippen molar-refractivity contribution in [2.75, 3.05) is 5.32 Å². The van der Waals surface area contributed by atoms with Gasteiger partial charge in [-0.05, 0) is 38.5 Å². The molecule has 0 radical (unpaired) electrons. The fourth-order valence-corrected chi connectivity index (χ4v) is 2.37. The third-order valence-corrected chi connectivity index (χ3v) is 3.45. The van der Waals surface area contributed by atoms with E-state index in [1.165, 1.54) is 0 Å². The summed E-state index contributed by atoms with van der Waals surface area (Å²) < 4.78 is 1.82. The zero-order valence-corrected chi connectivity index (χ0v) is 13.0. The van der Waals surface area contributed by atoms with Gasteiger partial charge >= 0.3 is 0 Å². The molecule has 0 fully saturated rings. The van der Waals surface area contributed by atoms with Gasteiger partial charge in [-0.15, -0.1) is 0 Å². The molecule has 0 saturated heterocycles. The van der Waals surface area contributed by atoms with Crippen molar-refractivity contribution in [2.24, 2.45) is 0 Å². The minimum atomic E-state index is -0.261. The van der Waals surface area contributed by atoms with Gasteiger partial charge in [0.05, 0.1) is 10.7 Å². The molecule has 0 atom stereocenters. The molecule has 4 nitrogen and oxygen atoms in total. The number of aromatic nitrogens is 2. The highest BCUT2D eigenvalue weighted by Gasteiger charge is 2.17. The first kappa shape index (κ1) is 14.9. The lowest BCUT2D eigenvalue weighted by Crippen LogP contribution is -2.18. The summed E-state index contributed by atoms with van der Waals surface area (Å²) in [7, 11) is 0. The minimum absolute atomic E-state index is 0.133. The van der Waals surface area contributed by atoms with Crippen LogP contribution in [0.3, 0.4) is 0 Å². The number of aryl methyl sites for hydroxylation is 1. The Morgan fingerprint density at radius 3 is 2.70 bits per heavy atom. The molecule has 0 saturated carbocycles. The summed E-state index contributed by atoms with van der Waals surface area (Å²) in [5.41, 5.74) is 1.86. The molecule has 0 aliphatic carbocycles. The van der Waals surface area contributed by atoms with E-state index in [-0.39, 0.29) is 17.1 Å². The number of amides is 1. The van der Waals surface area contributed by atoms with Gasteiger partial charge in [0.15, 0.2) is 5.15 Å². The van der Waals surface area contributed by atoms with E-state index in [1.54, 1.807) is 24.5 Å². The number of anilines is 1. The Labute approximate surface area is 127 Å². The zero-order valence-electron chi connectivity index (χ0n) is 11.4. The summed E-state index contributed by atoms with van der Waals surface area (Å²) in [6, 6.07) is 3.56. The van der Waals surface area contributed by atoms with Crippen molar-refractivity contribution in [3.8, 4) is 0 Å². The summed E-state index contributed by atoms with van der Waals surface area (Å²) in [5.74, 6) is -0.261. The average Bonchev–Trinajstić information content (AvgIpc) is 2.76. The van der Waals surface area contributed by atoms with Crippen LogP contribution < -0.4 is 5.32 Å². The first-order chi connectivity index (χ1) is 9.40. The number of rotatable bonds is 3. The quantitative estimate of drug-likeness (QED) is 0.857. The van der Waals surface area contributed by atoms with E-state index in [1.807, 2.05) is 25.3 Å². The maximum atomic E-state index is 12.4. The molecule has 20 heavy (non-hydrogen) atoms. The first-order valence-corrected chi connectivity index (χ1v) is 6.95. The molecular weight excluding hydrogens is 297 g/mol. The third kappa shape index (κ3) is 2.97. The maximum absolute atomic E-state index is 12.4.